The smallest absolute Gasteiger partial charge is 0.248 e. The second-order valence-electron chi connectivity index (χ2n) is 1.85. The molecule has 54 valence electrons. The average molecular weight is 160 g/mol. The molecule has 1 heterocycles. The minimum atomic E-state index is 0.466. The first-order valence-corrected chi connectivity index (χ1v) is 3.22. The van der Waals surface area contributed by atoms with Crippen LogP contribution in [0.1, 0.15) is 5.69 Å². The van der Waals surface area contributed by atoms with Crippen molar-refractivity contribution in [2.24, 2.45) is 0 Å². The van der Waals surface area contributed by atoms with Gasteiger partial charge in [0.1, 0.15) is 10.5 Å². The third-order valence-electron chi connectivity index (χ3n) is 1.07. The molecular formula is C6H8ClN2O+. The number of aryl methyl sites for hydroxylation is 1. The summed E-state index contributed by atoms with van der Waals surface area (Å²) in [6.45, 7) is 1.87. The Morgan fingerprint density at radius 1 is 1.60 bits per heavy atom. The highest BCUT2D eigenvalue weighted by Crippen LogP contribution is 1.97. The number of halogens is 1. The molecule has 1 rings (SSSR count). The van der Waals surface area contributed by atoms with E-state index < -0.39 is 0 Å². The molecule has 0 atom stereocenters. The van der Waals surface area contributed by atoms with E-state index in [0.29, 0.717) is 5.15 Å². The minimum Gasteiger partial charge on any atom is -0.248 e. The molecule has 0 radical (unpaired) electrons. The summed E-state index contributed by atoms with van der Waals surface area (Å²) in [5.74, 6) is 0. The molecule has 0 saturated carbocycles. The van der Waals surface area contributed by atoms with E-state index >= 15 is 0 Å². The van der Waals surface area contributed by atoms with Crippen molar-refractivity contribution in [1.82, 2.24) is 5.10 Å². The van der Waals surface area contributed by atoms with Crippen molar-refractivity contribution in [3.63, 3.8) is 0 Å². The SMILES string of the molecule is CO[n+]1nc(C)ccc1Cl. The van der Waals surface area contributed by atoms with Gasteiger partial charge in [0.15, 0.2) is 7.11 Å². The van der Waals surface area contributed by atoms with E-state index in [9.17, 15) is 0 Å². The summed E-state index contributed by atoms with van der Waals surface area (Å²) in [5.41, 5.74) is 0.867. The number of hydrogen-bond donors (Lipinski definition) is 0. The summed E-state index contributed by atoms with van der Waals surface area (Å²) < 4.78 is 0. The lowest BCUT2D eigenvalue weighted by molar-refractivity contribution is -0.928. The van der Waals surface area contributed by atoms with Crippen molar-refractivity contribution in [2.75, 3.05) is 7.11 Å². The zero-order chi connectivity index (χ0) is 7.56. The van der Waals surface area contributed by atoms with E-state index in [0.717, 1.165) is 5.69 Å². The van der Waals surface area contributed by atoms with Crippen LogP contribution >= 0.6 is 11.6 Å². The van der Waals surface area contributed by atoms with Crippen LogP contribution in [0.5, 0.6) is 0 Å². The fraction of sp³-hybridized carbons (Fsp3) is 0.333. The largest absolute Gasteiger partial charge is 0.357 e. The van der Waals surface area contributed by atoms with Crippen molar-refractivity contribution in [3.05, 3.63) is 23.0 Å². The zero-order valence-corrected chi connectivity index (χ0v) is 6.59. The van der Waals surface area contributed by atoms with Crippen LogP contribution in [-0.2, 0) is 0 Å². The monoisotopic (exact) mass is 159 g/mol. The Morgan fingerprint density at radius 2 is 2.30 bits per heavy atom. The molecule has 1 aromatic rings. The maximum absolute atomic E-state index is 5.67. The van der Waals surface area contributed by atoms with Crippen LogP contribution in [0.3, 0.4) is 0 Å². The third-order valence-corrected chi connectivity index (χ3v) is 1.34. The average Bonchev–Trinajstić information content (AvgIpc) is 1.94. The molecule has 1 aromatic heterocycles. The van der Waals surface area contributed by atoms with E-state index in [1.54, 1.807) is 6.07 Å². The lowest BCUT2D eigenvalue weighted by atomic mass is 10.4. The second-order valence-corrected chi connectivity index (χ2v) is 2.24. The fourth-order valence-corrected chi connectivity index (χ4v) is 0.775. The van der Waals surface area contributed by atoms with Crippen molar-refractivity contribution in [1.29, 1.82) is 0 Å². The molecule has 0 saturated heterocycles. The Balaban J connectivity index is 3.09. The van der Waals surface area contributed by atoms with Crippen LogP contribution in [0.4, 0.5) is 0 Å². The molecule has 0 aromatic carbocycles. The molecule has 0 bridgehead atoms. The van der Waals surface area contributed by atoms with Gasteiger partial charge in [0.25, 0.3) is 0 Å². The van der Waals surface area contributed by atoms with Crippen LogP contribution in [0, 0.1) is 6.92 Å². The zero-order valence-electron chi connectivity index (χ0n) is 5.84. The molecule has 0 aliphatic heterocycles. The van der Waals surface area contributed by atoms with Crippen molar-refractivity contribution >= 4 is 11.6 Å². The Morgan fingerprint density at radius 3 is 2.80 bits per heavy atom. The van der Waals surface area contributed by atoms with Gasteiger partial charge < -0.3 is 0 Å². The number of aromatic nitrogens is 2. The maximum atomic E-state index is 5.67. The van der Waals surface area contributed by atoms with E-state index in [2.05, 4.69) is 5.10 Å². The van der Waals surface area contributed by atoms with Gasteiger partial charge in [0.05, 0.1) is 0 Å². The quantitative estimate of drug-likeness (QED) is 0.554. The minimum absolute atomic E-state index is 0.466. The molecule has 0 aliphatic carbocycles. The van der Waals surface area contributed by atoms with E-state index in [-0.39, 0.29) is 0 Å². The summed E-state index contributed by atoms with van der Waals surface area (Å²) in [6, 6.07) is 3.55. The van der Waals surface area contributed by atoms with Crippen LogP contribution in [0.15, 0.2) is 12.1 Å². The summed E-state index contributed by atoms with van der Waals surface area (Å²) in [7, 11) is 1.51. The highest BCUT2D eigenvalue weighted by molar-refractivity contribution is 6.28. The molecule has 0 aliphatic rings. The van der Waals surface area contributed by atoms with Crippen LogP contribution in [-0.4, -0.2) is 12.2 Å². The van der Waals surface area contributed by atoms with E-state index in [1.165, 1.54) is 12.0 Å². The van der Waals surface area contributed by atoms with Crippen molar-refractivity contribution in [3.8, 4) is 0 Å². The molecule has 0 amide bonds. The number of hydrogen-bond acceptors (Lipinski definition) is 2. The molecule has 0 N–H and O–H groups in total. The molecule has 10 heavy (non-hydrogen) atoms. The predicted octanol–water partition coefficient (Wildman–Crippen LogP) is 0.389. The van der Waals surface area contributed by atoms with Gasteiger partial charge in [-0.05, 0) is 24.6 Å². The fourth-order valence-electron chi connectivity index (χ4n) is 0.606. The standard InChI is InChI=1S/C6H8ClN2O/c1-5-3-4-6(7)9(8-5)10-2/h3-4H,1-2H3/q+1. The van der Waals surface area contributed by atoms with Gasteiger partial charge in [-0.3, -0.25) is 0 Å². The molecule has 0 unspecified atom stereocenters. The highest BCUT2D eigenvalue weighted by Gasteiger charge is 2.09. The van der Waals surface area contributed by atoms with Crippen LogP contribution in [0.2, 0.25) is 5.15 Å². The van der Waals surface area contributed by atoms with Gasteiger partial charge in [0.2, 0.25) is 0 Å². The topological polar surface area (TPSA) is 26.0 Å². The first-order chi connectivity index (χ1) is 4.74. The number of rotatable bonds is 1. The summed E-state index contributed by atoms with van der Waals surface area (Å²) >= 11 is 5.67. The first kappa shape index (κ1) is 7.28. The van der Waals surface area contributed by atoms with Gasteiger partial charge in [-0.25, -0.2) is 4.84 Å². The molecule has 4 heteroatoms. The van der Waals surface area contributed by atoms with E-state index in [4.69, 9.17) is 16.4 Å². The lowest BCUT2D eigenvalue weighted by Crippen LogP contribution is -2.45. The summed E-state index contributed by atoms with van der Waals surface area (Å²) in [4.78, 5) is 6.06. The van der Waals surface area contributed by atoms with Gasteiger partial charge in [-0.1, -0.05) is 0 Å². The normalized spacial score (nSPS) is 9.50. The Kier molecular flexibility index (Phi) is 2.06. The Labute approximate surface area is 64.1 Å². The summed E-state index contributed by atoms with van der Waals surface area (Å²) in [5, 5.41) is 4.42. The van der Waals surface area contributed by atoms with Crippen molar-refractivity contribution < 1.29 is 9.68 Å². The highest BCUT2D eigenvalue weighted by atomic mass is 35.5. The van der Waals surface area contributed by atoms with Gasteiger partial charge in [0, 0.05) is 11.2 Å². The molecular weight excluding hydrogens is 152 g/mol. The molecule has 0 fully saturated rings. The molecule has 3 nitrogen and oxygen atoms in total. The Bertz CT molecular complexity index is 239. The van der Waals surface area contributed by atoms with Gasteiger partial charge in [-0.2, -0.15) is 0 Å². The lowest BCUT2D eigenvalue weighted by Gasteiger charge is -1.89. The molecule has 0 spiro atoms. The predicted molar refractivity (Wildman–Crippen MR) is 36.7 cm³/mol. The van der Waals surface area contributed by atoms with Gasteiger partial charge >= 0.3 is 5.15 Å². The first-order valence-electron chi connectivity index (χ1n) is 2.84. The van der Waals surface area contributed by atoms with E-state index in [1.807, 2.05) is 13.0 Å². The third kappa shape index (κ3) is 1.36. The van der Waals surface area contributed by atoms with Crippen molar-refractivity contribution in [2.45, 2.75) is 6.92 Å². The Hall–Kier alpha value is -0.830. The second kappa shape index (κ2) is 2.84. The number of nitrogens with zero attached hydrogens (tertiary/aromatic N) is 2. The van der Waals surface area contributed by atoms with Gasteiger partial charge in [-0.15, -0.1) is 0 Å². The van der Waals surface area contributed by atoms with Crippen LogP contribution < -0.4 is 9.68 Å². The van der Waals surface area contributed by atoms with Crippen LogP contribution in [0.25, 0.3) is 0 Å². The maximum Gasteiger partial charge on any atom is 0.357 e. The summed E-state index contributed by atoms with van der Waals surface area (Å²) in [6.07, 6.45) is 0.